The molecule has 0 saturated carbocycles. The molecule has 0 spiro atoms. The highest BCUT2D eigenvalue weighted by Crippen LogP contribution is 2.08. The van der Waals surface area contributed by atoms with Crippen molar-refractivity contribution in [1.82, 2.24) is 15.5 Å². The van der Waals surface area contributed by atoms with E-state index in [4.69, 9.17) is 5.11 Å². The summed E-state index contributed by atoms with van der Waals surface area (Å²) >= 11 is 1.52. The van der Waals surface area contributed by atoms with E-state index < -0.39 is 18.0 Å². The van der Waals surface area contributed by atoms with Crippen LogP contribution >= 0.6 is 11.8 Å². The Kier molecular flexibility index (Phi) is 7.96. The first-order chi connectivity index (χ1) is 10.0. The van der Waals surface area contributed by atoms with Crippen molar-refractivity contribution in [3.8, 4) is 0 Å². The fraction of sp³-hybridized carbons (Fsp3) is 0.769. The highest BCUT2D eigenvalue weighted by atomic mass is 32.2. The van der Waals surface area contributed by atoms with Gasteiger partial charge >= 0.3 is 12.0 Å². The summed E-state index contributed by atoms with van der Waals surface area (Å²) in [5.41, 5.74) is 0. The fourth-order valence-corrected chi connectivity index (χ4v) is 2.58. The first-order valence-corrected chi connectivity index (χ1v) is 8.48. The van der Waals surface area contributed by atoms with E-state index in [1.54, 1.807) is 4.90 Å². The van der Waals surface area contributed by atoms with Gasteiger partial charge < -0.3 is 20.6 Å². The summed E-state index contributed by atoms with van der Waals surface area (Å²) in [6, 6.07) is -1.54. The van der Waals surface area contributed by atoms with Gasteiger partial charge in [-0.25, -0.2) is 9.59 Å². The number of hydrogen-bond donors (Lipinski definition) is 3. The number of aliphatic carboxylic acids is 1. The lowest BCUT2D eigenvalue weighted by molar-refractivity contribution is -0.139. The molecule has 120 valence electrons. The predicted molar refractivity (Wildman–Crippen MR) is 81.4 cm³/mol. The molecule has 0 aromatic carbocycles. The third kappa shape index (κ3) is 6.70. The van der Waals surface area contributed by atoms with Crippen molar-refractivity contribution >= 4 is 29.7 Å². The van der Waals surface area contributed by atoms with Gasteiger partial charge in [0.05, 0.1) is 6.54 Å². The Hall–Kier alpha value is -1.44. The minimum absolute atomic E-state index is 0.0965. The van der Waals surface area contributed by atoms with Crippen LogP contribution < -0.4 is 10.6 Å². The van der Waals surface area contributed by atoms with Crippen molar-refractivity contribution in [2.24, 2.45) is 0 Å². The van der Waals surface area contributed by atoms with Gasteiger partial charge in [0.15, 0.2) is 0 Å². The molecule has 0 bridgehead atoms. The van der Waals surface area contributed by atoms with Crippen molar-refractivity contribution in [1.29, 1.82) is 0 Å². The monoisotopic (exact) mass is 317 g/mol. The molecule has 0 aromatic heterocycles. The van der Waals surface area contributed by atoms with Crippen LogP contribution in [0.1, 0.15) is 25.7 Å². The lowest BCUT2D eigenvalue weighted by Gasteiger charge is -2.26. The number of nitrogens with zero attached hydrogens (tertiary/aromatic N) is 1. The van der Waals surface area contributed by atoms with Crippen molar-refractivity contribution in [3.05, 3.63) is 0 Å². The van der Waals surface area contributed by atoms with Crippen molar-refractivity contribution < 1.29 is 19.5 Å². The molecule has 1 saturated heterocycles. The third-order valence-electron chi connectivity index (χ3n) is 3.32. The van der Waals surface area contributed by atoms with Gasteiger partial charge in [0.25, 0.3) is 0 Å². The summed E-state index contributed by atoms with van der Waals surface area (Å²) in [6.45, 7) is 1.36. The van der Waals surface area contributed by atoms with Gasteiger partial charge in [0.2, 0.25) is 5.91 Å². The summed E-state index contributed by atoms with van der Waals surface area (Å²) in [4.78, 5) is 36.2. The maximum absolute atomic E-state index is 11.9. The molecule has 1 aliphatic rings. The van der Waals surface area contributed by atoms with Crippen molar-refractivity contribution in [2.75, 3.05) is 31.6 Å². The Morgan fingerprint density at radius 1 is 1.24 bits per heavy atom. The molecule has 21 heavy (non-hydrogen) atoms. The Bertz CT molecular complexity index is 372. The number of carbonyl (C=O) groups excluding carboxylic acids is 2. The van der Waals surface area contributed by atoms with Gasteiger partial charge in [-0.05, 0) is 37.7 Å². The molecule has 1 fully saturated rings. The molecule has 1 aliphatic heterocycles. The first-order valence-electron chi connectivity index (χ1n) is 7.08. The lowest BCUT2D eigenvalue weighted by Crippen LogP contribution is -2.49. The molecule has 7 nitrogen and oxygen atoms in total. The lowest BCUT2D eigenvalue weighted by atomic mass is 10.1. The quantitative estimate of drug-likeness (QED) is 0.635. The third-order valence-corrected chi connectivity index (χ3v) is 3.97. The van der Waals surface area contributed by atoms with E-state index in [0.717, 1.165) is 32.4 Å². The van der Waals surface area contributed by atoms with Gasteiger partial charge in [-0.3, -0.25) is 4.79 Å². The zero-order chi connectivity index (χ0) is 15.7. The molecule has 3 N–H and O–H groups in total. The van der Waals surface area contributed by atoms with Crippen LogP contribution in [-0.2, 0) is 9.59 Å². The van der Waals surface area contributed by atoms with E-state index in [2.05, 4.69) is 10.6 Å². The molecule has 1 heterocycles. The second-order valence-corrected chi connectivity index (χ2v) is 5.93. The van der Waals surface area contributed by atoms with E-state index in [0.29, 0.717) is 12.2 Å². The molecule has 1 unspecified atom stereocenters. The molecule has 0 aliphatic carbocycles. The minimum Gasteiger partial charge on any atom is -0.480 e. The first kappa shape index (κ1) is 17.6. The maximum Gasteiger partial charge on any atom is 0.326 e. The number of amides is 3. The van der Waals surface area contributed by atoms with Crippen LogP contribution in [0.25, 0.3) is 0 Å². The number of piperidine rings is 1. The number of carboxylic acid groups (broad SMARTS) is 1. The van der Waals surface area contributed by atoms with Gasteiger partial charge in [-0.1, -0.05) is 0 Å². The van der Waals surface area contributed by atoms with Gasteiger partial charge in [0.1, 0.15) is 6.04 Å². The molecule has 0 aromatic rings. The zero-order valence-electron chi connectivity index (χ0n) is 12.3. The largest absolute Gasteiger partial charge is 0.480 e. The van der Waals surface area contributed by atoms with Gasteiger partial charge in [-0.15, -0.1) is 0 Å². The summed E-state index contributed by atoms with van der Waals surface area (Å²) in [7, 11) is 0. The van der Waals surface area contributed by atoms with Crippen LogP contribution in [0.15, 0.2) is 0 Å². The molecular weight excluding hydrogens is 294 g/mol. The van der Waals surface area contributed by atoms with E-state index >= 15 is 0 Å². The Labute approximate surface area is 128 Å². The number of likely N-dealkylation sites (tertiary alicyclic amines) is 1. The number of carboxylic acids is 1. The number of hydrogen-bond acceptors (Lipinski definition) is 4. The normalized spacial score (nSPS) is 16.1. The second-order valence-electron chi connectivity index (χ2n) is 4.94. The molecule has 8 heteroatoms. The molecule has 3 amide bonds. The summed E-state index contributed by atoms with van der Waals surface area (Å²) in [6.07, 6.45) is 5.34. The number of thioether (sulfide) groups is 1. The maximum atomic E-state index is 11.9. The highest BCUT2D eigenvalue weighted by molar-refractivity contribution is 7.98. The van der Waals surface area contributed by atoms with E-state index in [-0.39, 0.29) is 12.5 Å². The average Bonchev–Trinajstić information content (AvgIpc) is 2.49. The highest BCUT2D eigenvalue weighted by Gasteiger charge is 2.21. The standard InChI is InChI=1S/C13H23N3O4S/c1-21-8-5-10(12(18)19)15-13(20)14-9-11(17)16-6-3-2-4-7-16/h10H,2-9H2,1H3,(H,18,19)(H2,14,15,20). The smallest absolute Gasteiger partial charge is 0.326 e. The predicted octanol–water partition coefficient (Wildman–Crippen LogP) is 0.504. The van der Waals surface area contributed by atoms with Crippen molar-refractivity contribution in [2.45, 2.75) is 31.7 Å². The molecule has 1 rings (SSSR count). The van der Waals surface area contributed by atoms with Crippen LogP contribution in [0.5, 0.6) is 0 Å². The molecule has 0 radical (unpaired) electrons. The van der Waals surface area contributed by atoms with Gasteiger partial charge in [0, 0.05) is 13.1 Å². The van der Waals surface area contributed by atoms with Crippen LogP contribution in [0.2, 0.25) is 0 Å². The molecular formula is C13H23N3O4S. The zero-order valence-corrected chi connectivity index (χ0v) is 13.1. The topological polar surface area (TPSA) is 98.7 Å². The van der Waals surface area contributed by atoms with Crippen LogP contribution in [0, 0.1) is 0 Å². The fourth-order valence-electron chi connectivity index (χ4n) is 2.11. The van der Waals surface area contributed by atoms with Crippen LogP contribution in [0.3, 0.4) is 0 Å². The van der Waals surface area contributed by atoms with E-state index in [9.17, 15) is 14.4 Å². The van der Waals surface area contributed by atoms with Crippen LogP contribution in [0.4, 0.5) is 4.79 Å². The molecule has 1 atom stereocenters. The van der Waals surface area contributed by atoms with E-state index in [1.807, 2.05) is 6.26 Å². The Balaban J connectivity index is 2.31. The Morgan fingerprint density at radius 3 is 2.48 bits per heavy atom. The van der Waals surface area contributed by atoms with Crippen molar-refractivity contribution in [3.63, 3.8) is 0 Å². The second kappa shape index (κ2) is 9.49. The van der Waals surface area contributed by atoms with Crippen LogP contribution in [-0.4, -0.2) is 65.6 Å². The number of rotatable bonds is 7. The average molecular weight is 317 g/mol. The Morgan fingerprint density at radius 2 is 1.90 bits per heavy atom. The summed E-state index contributed by atoms with van der Waals surface area (Å²) in [5.74, 6) is -0.549. The summed E-state index contributed by atoms with van der Waals surface area (Å²) < 4.78 is 0. The minimum atomic E-state index is -1.07. The number of urea groups is 1. The SMILES string of the molecule is CSCCC(NC(=O)NCC(=O)N1CCCCC1)C(=O)O. The number of nitrogens with one attached hydrogen (secondary N) is 2. The number of carbonyl (C=O) groups is 3. The van der Waals surface area contributed by atoms with E-state index in [1.165, 1.54) is 11.8 Å². The van der Waals surface area contributed by atoms with Gasteiger partial charge in [-0.2, -0.15) is 11.8 Å². The summed E-state index contributed by atoms with van der Waals surface area (Å²) in [5, 5.41) is 13.8.